The molecule has 0 spiro atoms. The summed E-state index contributed by atoms with van der Waals surface area (Å²) in [4.78, 5) is 24.4. The quantitative estimate of drug-likeness (QED) is 0.323. The summed E-state index contributed by atoms with van der Waals surface area (Å²) in [6, 6.07) is 6.68. The Hall–Kier alpha value is -2.53. The monoisotopic (exact) mass is 493 g/mol. The van der Waals surface area contributed by atoms with E-state index in [1.807, 2.05) is 0 Å². The molecule has 0 radical (unpaired) electrons. The molecule has 1 N–H and O–H groups in total. The predicted molar refractivity (Wildman–Crippen MR) is 118 cm³/mol. The lowest BCUT2D eigenvalue weighted by Crippen LogP contribution is -2.39. The number of benzene rings is 1. The topological polar surface area (TPSA) is 94.5 Å². The third-order valence-corrected chi connectivity index (χ3v) is 4.63. The van der Waals surface area contributed by atoms with Gasteiger partial charge < -0.3 is 29.0 Å². The summed E-state index contributed by atoms with van der Waals surface area (Å²) >= 11 is 0. The van der Waals surface area contributed by atoms with Crippen LogP contribution in [0.2, 0.25) is 0 Å². The van der Waals surface area contributed by atoms with Gasteiger partial charge in [0, 0.05) is 26.2 Å². The van der Waals surface area contributed by atoms with Crippen molar-refractivity contribution in [3.8, 4) is 5.75 Å². The van der Waals surface area contributed by atoms with Crippen LogP contribution in [-0.4, -0.2) is 80.5 Å². The minimum Gasteiger partial charge on any atom is -0.492 e. The van der Waals surface area contributed by atoms with E-state index in [0.717, 1.165) is 29.7 Å². The number of unbranched alkanes of at least 4 members (excludes halogenated alkanes) is 2. The standard InChI is InChI=1S/C23H34F3NO7/c1-3-5-6-13-31-14-11-27(22(30)34-17-23(24,25)26)12-15-33-19-9-7-18(8-10-19)16-20(21(28)29)32-4-2/h7-10,20H,3-6,11-17H2,1-2H3,(H,28,29). The lowest BCUT2D eigenvalue weighted by atomic mass is 10.1. The first-order valence-corrected chi connectivity index (χ1v) is 11.3. The normalized spacial score (nSPS) is 12.3. The Morgan fingerprint density at radius 1 is 1.03 bits per heavy atom. The summed E-state index contributed by atoms with van der Waals surface area (Å²) < 4.78 is 57.7. The molecule has 0 aliphatic carbocycles. The van der Waals surface area contributed by atoms with E-state index in [2.05, 4.69) is 11.7 Å². The average molecular weight is 494 g/mol. The van der Waals surface area contributed by atoms with Gasteiger partial charge in [-0.1, -0.05) is 31.9 Å². The van der Waals surface area contributed by atoms with E-state index < -0.39 is 30.9 Å². The average Bonchev–Trinajstić information content (AvgIpc) is 2.78. The Balaban J connectivity index is 2.56. The minimum atomic E-state index is -4.61. The summed E-state index contributed by atoms with van der Waals surface area (Å²) in [7, 11) is 0. The van der Waals surface area contributed by atoms with Crippen LogP contribution in [0.25, 0.3) is 0 Å². The molecule has 1 aromatic rings. The fourth-order valence-corrected chi connectivity index (χ4v) is 2.89. The summed E-state index contributed by atoms with van der Waals surface area (Å²) in [6.07, 6.45) is -3.55. The zero-order valence-electron chi connectivity index (χ0n) is 19.6. The molecule has 0 fully saturated rings. The number of alkyl halides is 3. The van der Waals surface area contributed by atoms with E-state index in [1.54, 1.807) is 31.2 Å². The Kier molecular flexibility index (Phi) is 14.0. The highest BCUT2D eigenvalue weighted by molar-refractivity contribution is 5.72. The van der Waals surface area contributed by atoms with E-state index in [1.165, 1.54) is 0 Å². The van der Waals surface area contributed by atoms with E-state index >= 15 is 0 Å². The summed E-state index contributed by atoms with van der Waals surface area (Å²) in [5, 5.41) is 9.17. The lowest BCUT2D eigenvalue weighted by molar-refractivity contribution is -0.162. The van der Waals surface area contributed by atoms with Crippen molar-refractivity contribution < 1.29 is 46.8 Å². The van der Waals surface area contributed by atoms with Crippen LogP contribution in [0.1, 0.15) is 38.7 Å². The Labute approximate surface area is 197 Å². The molecule has 0 aromatic heterocycles. The van der Waals surface area contributed by atoms with Gasteiger partial charge in [0.25, 0.3) is 0 Å². The molecule has 1 unspecified atom stereocenters. The molecule has 0 saturated carbocycles. The number of aliphatic carboxylic acids is 1. The number of carbonyl (C=O) groups excluding carboxylic acids is 1. The zero-order valence-corrected chi connectivity index (χ0v) is 19.6. The Morgan fingerprint density at radius 3 is 2.29 bits per heavy atom. The summed E-state index contributed by atoms with van der Waals surface area (Å²) in [5.74, 6) is -0.583. The van der Waals surface area contributed by atoms with E-state index in [0.29, 0.717) is 12.4 Å². The van der Waals surface area contributed by atoms with Crippen LogP contribution < -0.4 is 4.74 Å². The zero-order chi connectivity index (χ0) is 25.4. The molecule has 1 rings (SSSR count). The van der Waals surface area contributed by atoms with Crippen molar-refractivity contribution in [1.29, 1.82) is 0 Å². The van der Waals surface area contributed by atoms with Gasteiger partial charge in [-0.15, -0.1) is 0 Å². The van der Waals surface area contributed by atoms with Gasteiger partial charge in [-0.3, -0.25) is 0 Å². The number of carboxylic acids is 1. The number of nitrogens with zero attached hydrogens (tertiary/aromatic N) is 1. The van der Waals surface area contributed by atoms with Gasteiger partial charge in [-0.25, -0.2) is 9.59 Å². The number of amides is 1. The van der Waals surface area contributed by atoms with Gasteiger partial charge in [0.2, 0.25) is 0 Å². The van der Waals surface area contributed by atoms with Crippen molar-refractivity contribution in [2.45, 2.75) is 51.8 Å². The van der Waals surface area contributed by atoms with E-state index in [9.17, 15) is 22.8 Å². The van der Waals surface area contributed by atoms with Crippen LogP contribution in [0.4, 0.5) is 18.0 Å². The van der Waals surface area contributed by atoms with Crippen LogP contribution in [-0.2, 0) is 25.4 Å². The Bertz CT molecular complexity index is 714. The molecule has 11 heteroatoms. The van der Waals surface area contributed by atoms with Gasteiger partial charge in [0.1, 0.15) is 12.4 Å². The first-order chi connectivity index (χ1) is 16.2. The first kappa shape index (κ1) is 29.5. The van der Waals surface area contributed by atoms with Crippen molar-refractivity contribution in [2.24, 2.45) is 0 Å². The van der Waals surface area contributed by atoms with E-state index in [-0.39, 0.29) is 39.3 Å². The highest BCUT2D eigenvalue weighted by Crippen LogP contribution is 2.16. The smallest absolute Gasteiger partial charge is 0.422 e. The number of rotatable bonds is 17. The molecule has 0 aliphatic heterocycles. The molecule has 1 atom stereocenters. The summed E-state index contributed by atoms with van der Waals surface area (Å²) in [5.41, 5.74) is 0.741. The molecule has 1 aromatic carbocycles. The SMILES string of the molecule is CCCCCOCCN(CCOc1ccc(CC(OCC)C(=O)O)cc1)C(=O)OCC(F)(F)F. The molecule has 0 bridgehead atoms. The second-order valence-electron chi connectivity index (χ2n) is 7.46. The van der Waals surface area contributed by atoms with Crippen molar-refractivity contribution in [3.05, 3.63) is 29.8 Å². The van der Waals surface area contributed by atoms with Gasteiger partial charge in [0.15, 0.2) is 12.7 Å². The largest absolute Gasteiger partial charge is 0.492 e. The number of hydrogen-bond acceptors (Lipinski definition) is 6. The van der Waals surface area contributed by atoms with Gasteiger partial charge in [-0.2, -0.15) is 13.2 Å². The predicted octanol–water partition coefficient (Wildman–Crippen LogP) is 4.31. The molecule has 0 heterocycles. The molecule has 34 heavy (non-hydrogen) atoms. The van der Waals surface area contributed by atoms with Gasteiger partial charge in [-0.05, 0) is 31.0 Å². The fraction of sp³-hybridized carbons (Fsp3) is 0.652. The third kappa shape index (κ3) is 13.2. The molecule has 0 saturated heterocycles. The van der Waals surface area contributed by atoms with Crippen LogP contribution in [0, 0.1) is 0 Å². The maximum atomic E-state index is 12.4. The number of carboxylic acid groups (broad SMARTS) is 1. The van der Waals surface area contributed by atoms with Crippen molar-refractivity contribution in [3.63, 3.8) is 0 Å². The van der Waals surface area contributed by atoms with Crippen molar-refractivity contribution in [1.82, 2.24) is 4.90 Å². The van der Waals surface area contributed by atoms with Crippen molar-refractivity contribution >= 4 is 12.1 Å². The lowest BCUT2D eigenvalue weighted by Gasteiger charge is -2.22. The Morgan fingerprint density at radius 2 is 1.71 bits per heavy atom. The number of hydrogen-bond donors (Lipinski definition) is 1. The highest BCUT2D eigenvalue weighted by Gasteiger charge is 2.30. The van der Waals surface area contributed by atoms with E-state index in [4.69, 9.17) is 19.3 Å². The molecular formula is C23H34F3NO7. The maximum absolute atomic E-state index is 12.4. The highest BCUT2D eigenvalue weighted by atomic mass is 19.4. The molecular weight excluding hydrogens is 459 g/mol. The van der Waals surface area contributed by atoms with Gasteiger partial charge >= 0.3 is 18.2 Å². The summed E-state index contributed by atoms with van der Waals surface area (Å²) in [6.45, 7) is 3.16. The molecule has 0 aliphatic rings. The maximum Gasteiger partial charge on any atom is 0.422 e. The van der Waals surface area contributed by atoms with Crippen LogP contribution in [0.3, 0.4) is 0 Å². The number of halogens is 3. The second-order valence-corrected chi connectivity index (χ2v) is 7.46. The van der Waals surface area contributed by atoms with Crippen LogP contribution in [0.5, 0.6) is 5.75 Å². The minimum absolute atomic E-state index is 0.00217. The number of ether oxygens (including phenoxy) is 4. The number of carbonyl (C=O) groups is 2. The van der Waals surface area contributed by atoms with Crippen LogP contribution in [0.15, 0.2) is 24.3 Å². The molecule has 8 nitrogen and oxygen atoms in total. The molecule has 194 valence electrons. The van der Waals surface area contributed by atoms with Crippen LogP contribution >= 0.6 is 0 Å². The first-order valence-electron chi connectivity index (χ1n) is 11.3. The molecule has 1 amide bonds. The van der Waals surface area contributed by atoms with Crippen molar-refractivity contribution in [2.75, 3.05) is 46.1 Å². The van der Waals surface area contributed by atoms with Gasteiger partial charge in [0.05, 0.1) is 13.2 Å². The fourth-order valence-electron chi connectivity index (χ4n) is 2.89. The third-order valence-electron chi connectivity index (χ3n) is 4.63. The second kappa shape index (κ2) is 16.2.